The average Bonchev–Trinajstić information content (AvgIpc) is 2.34. The Labute approximate surface area is 107 Å². The van der Waals surface area contributed by atoms with Gasteiger partial charge in [0.25, 0.3) is 6.43 Å². The van der Waals surface area contributed by atoms with Crippen LogP contribution < -0.4 is 5.32 Å². The fourth-order valence-corrected chi connectivity index (χ4v) is 2.26. The van der Waals surface area contributed by atoms with Gasteiger partial charge in [0.15, 0.2) is 0 Å². The molecule has 0 aliphatic carbocycles. The molecule has 1 atom stereocenters. The van der Waals surface area contributed by atoms with E-state index >= 15 is 0 Å². The summed E-state index contributed by atoms with van der Waals surface area (Å²) >= 11 is 0. The molecule has 1 aliphatic heterocycles. The highest BCUT2D eigenvalue weighted by molar-refractivity contribution is 5.25. The first kappa shape index (κ1) is 14.2. The van der Waals surface area contributed by atoms with Crippen molar-refractivity contribution in [2.24, 2.45) is 0 Å². The van der Waals surface area contributed by atoms with Crippen molar-refractivity contribution in [2.45, 2.75) is 12.5 Å². The van der Waals surface area contributed by atoms with E-state index < -0.39 is 35.5 Å². The van der Waals surface area contributed by atoms with Gasteiger partial charge < -0.3 is 5.32 Å². The van der Waals surface area contributed by atoms with Crippen molar-refractivity contribution >= 4 is 0 Å². The summed E-state index contributed by atoms with van der Waals surface area (Å²) in [5.41, 5.74) is -0.765. The van der Waals surface area contributed by atoms with Crippen molar-refractivity contribution in [3.05, 3.63) is 35.1 Å². The van der Waals surface area contributed by atoms with Crippen LogP contribution in [0.25, 0.3) is 0 Å². The van der Waals surface area contributed by atoms with Gasteiger partial charge in [-0.05, 0) is 0 Å². The molecular weight excluding hydrogens is 267 g/mol. The predicted octanol–water partition coefficient (Wildman–Crippen LogP) is 2.32. The Kier molecular flexibility index (Phi) is 4.36. The molecule has 1 aromatic carbocycles. The van der Waals surface area contributed by atoms with E-state index in [9.17, 15) is 22.0 Å². The maximum absolute atomic E-state index is 13.6. The normalized spacial score (nSPS) is 18.8. The number of hydrogen-bond donors (Lipinski definition) is 1. The molecule has 1 heterocycles. The summed E-state index contributed by atoms with van der Waals surface area (Å²) in [6.07, 6.45) is -2.95. The summed E-state index contributed by atoms with van der Waals surface area (Å²) in [6.45, 7) is 1.44. The highest BCUT2D eigenvalue weighted by Gasteiger charge is 2.34. The van der Waals surface area contributed by atoms with Gasteiger partial charge in [-0.15, -0.1) is 0 Å². The third kappa shape index (κ3) is 3.03. The van der Waals surface area contributed by atoms with E-state index in [-0.39, 0.29) is 13.1 Å². The Balaban J connectivity index is 2.38. The van der Waals surface area contributed by atoms with Crippen molar-refractivity contribution in [1.82, 2.24) is 10.2 Å². The topological polar surface area (TPSA) is 15.3 Å². The number of benzene rings is 1. The van der Waals surface area contributed by atoms with E-state index in [1.807, 2.05) is 0 Å². The highest BCUT2D eigenvalue weighted by Crippen LogP contribution is 2.32. The van der Waals surface area contributed by atoms with Gasteiger partial charge in [-0.3, -0.25) is 4.90 Å². The minimum atomic E-state index is -2.95. The monoisotopic (exact) mass is 280 g/mol. The maximum atomic E-state index is 13.6. The molecule has 0 saturated carbocycles. The molecule has 2 nitrogen and oxygen atoms in total. The zero-order chi connectivity index (χ0) is 14.0. The third-order valence-corrected chi connectivity index (χ3v) is 3.12. The van der Waals surface area contributed by atoms with Gasteiger partial charge in [0.2, 0.25) is 0 Å². The second-order valence-corrected chi connectivity index (χ2v) is 4.35. The van der Waals surface area contributed by atoms with E-state index in [1.54, 1.807) is 0 Å². The van der Waals surface area contributed by atoms with Gasteiger partial charge >= 0.3 is 0 Å². The van der Waals surface area contributed by atoms with Gasteiger partial charge in [-0.1, -0.05) is 0 Å². The van der Waals surface area contributed by atoms with Crippen molar-refractivity contribution < 1.29 is 22.0 Å². The quantitative estimate of drug-likeness (QED) is 0.855. The molecule has 0 radical (unpaired) electrons. The predicted molar refractivity (Wildman–Crippen MR) is 59.5 cm³/mol. The lowest BCUT2D eigenvalue weighted by molar-refractivity contribution is 0.0144. The average molecular weight is 280 g/mol. The van der Waals surface area contributed by atoms with Crippen LogP contribution in [0.5, 0.6) is 0 Å². The summed E-state index contributed by atoms with van der Waals surface area (Å²) < 4.78 is 66.3. The van der Waals surface area contributed by atoms with E-state index in [4.69, 9.17) is 0 Å². The number of hydrogen-bond acceptors (Lipinski definition) is 2. The number of alkyl halides is 2. The van der Waals surface area contributed by atoms with Crippen LogP contribution in [0.1, 0.15) is 11.6 Å². The van der Waals surface area contributed by atoms with Crippen LogP contribution in [0.2, 0.25) is 0 Å². The minimum Gasteiger partial charge on any atom is -0.314 e. The second kappa shape index (κ2) is 5.83. The van der Waals surface area contributed by atoms with Gasteiger partial charge in [0.05, 0.1) is 0 Å². The largest absolute Gasteiger partial charge is 0.314 e. The van der Waals surface area contributed by atoms with Crippen LogP contribution >= 0.6 is 0 Å². The van der Waals surface area contributed by atoms with Gasteiger partial charge in [0.1, 0.15) is 23.5 Å². The maximum Gasteiger partial charge on any atom is 0.258 e. The first-order valence-corrected chi connectivity index (χ1v) is 5.88. The van der Waals surface area contributed by atoms with E-state index in [2.05, 4.69) is 5.32 Å². The van der Waals surface area contributed by atoms with Crippen LogP contribution in [0.15, 0.2) is 12.1 Å². The zero-order valence-corrected chi connectivity index (χ0v) is 9.97. The molecular formula is C12H13F5N2. The van der Waals surface area contributed by atoms with Gasteiger partial charge in [-0.25, -0.2) is 22.0 Å². The molecule has 0 spiro atoms. The van der Waals surface area contributed by atoms with Crippen molar-refractivity contribution in [2.75, 3.05) is 26.2 Å². The molecule has 19 heavy (non-hydrogen) atoms. The molecule has 0 unspecified atom stereocenters. The van der Waals surface area contributed by atoms with Crippen molar-refractivity contribution in [1.29, 1.82) is 0 Å². The van der Waals surface area contributed by atoms with Crippen LogP contribution in [-0.4, -0.2) is 37.5 Å². The fraction of sp³-hybridized carbons (Fsp3) is 0.500. The van der Waals surface area contributed by atoms with Crippen molar-refractivity contribution in [3.63, 3.8) is 0 Å². The molecule has 0 aromatic heterocycles. The van der Waals surface area contributed by atoms with Gasteiger partial charge in [0, 0.05) is 43.9 Å². The Morgan fingerprint density at radius 3 is 2.00 bits per heavy atom. The Hall–Kier alpha value is -1.21. The second-order valence-electron chi connectivity index (χ2n) is 4.35. The van der Waals surface area contributed by atoms with Crippen LogP contribution in [0.4, 0.5) is 22.0 Å². The standard InChI is InChI=1S/C12H13F5N2/c13-7-5-8(14)10(9(15)6-7)11(12(16)17)19-3-1-18-2-4-19/h5-6,11-12,18H,1-4H2/t11-/m1/s1. The molecule has 0 amide bonds. The molecule has 2 rings (SSSR count). The lowest BCUT2D eigenvalue weighted by Crippen LogP contribution is -2.47. The summed E-state index contributed by atoms with van der Waals surface area (Å²) in [5.74, 6) is -3.67. The summed E-state index contributed by atoms with van der Waals surface area (Å²) in [6, 6.07) is -0.839. The van der Waals surface area contributed by atoms with Crippen LogP contribution in [-0.2, 0) is 0 Å². The molecule has 1 N–H and O–H groups in total. The number of nitrogens with one attached hydrogen (secondary N) is 1. The molecule has 1 fully saturated rings. The van der Waals surface area contributed by atoms with E-state index in [0.717, 1.165) is 0 Å². The lowest BCUT2D eigenvalue weighted by Gasteiger charge is -2.34. The van der Waals surface area contributed by atoms with Crippen molar-refractivity contribution in [3.8, 4) is 0 Å². The Morgan fingerprint density at radius 1 is 1.00 bits per heavy atom. The summed E-state index contributed by atoms with van der Waals surface area (Å²) in [4.78, 5) is 1.31. The van der Waals surface area contributed by atoms with E-state index in [0.29, 0.717) is 25.2 Å². The SMILES string of the molecule is Fc1cc(F)c([C@H](C(F)F)N2CCNCC2)c(F)c1. The smallest absolute Gasteiger partial charge is 0.258 e. The Morgan fingerprint density at radius 2 is 1.53 bits per heavy atom. The number of nitrogens with zero attached hydrogens (tertiary/aromatic N) is 1. The fourth-order valence-electron chi connectivity index (χ4n) is 2.26. The number of rotatable bonds is 3. The lowest BCUT2D eigenvalue weighted by atomic mass is 10.0. The van der Waals surface area contributed by atoms with Crippen LogP contribution in [0, 0.1) is 17.5 Å². The molecule has 106 valence electrons. The summed E-state index contributed by atoms with van der Waals surface area (Å²) in [5, 5.41) is 2.96. The number of halogens is 5. The number of piperazine rings is 1. The highest BCUT2D eigenvalue weighted by atomic mass is 19.3. The molecule has 0 bridgehead atoms. The molecule has 7 heteroatoms. The molecule has 1 aliphatic rings. The van der Waals surface area contributed by atoms with Gasteiger partial charge in [-0.2, -0.15) is 0 Å². The first-order chi connectivity index (χ1) is 9.00. The Bertz CT molecular complexity index is 423. The molecule has 1 saturated heterocycles. The minimum absolute atomic E-state index is 0.255. The van der Waals surface area contributed by atoms with E-state index in [1.165, 1.54) is 4.90 Å². The van der Waals surface area contributed by atoms with Crippen LogP contribution in [0.3, 0.4) is 0 Å². The summed E-state index contributed by atoms with van der Waals surface area (Å²) in [7, 11) is 0. The first-order valence-electron chi connectivity index (χ1n) is 5.88. The zero-order valence-electron chi connectivity index (χ0n) is 9.97. The third-order valence-electron chi connectivity index (χ3n) is 3.12. The molecule has 1 aromatic rings.